The van der Waals surface area contributed by atoms with Gasteiger partial charge in [-0.15, -0.1) is 0 Å². The molecule has 0 unspecified atom stereocenters. The second-order valence-electron chi connectivity index (χ2n) is 6.35. The van der Waals surface area contributed by atoms with Gasteiger partial charge in [0.2, 0.25) is 10.0 Å². The van der Waals surface area contributed by atoms with Crippen LogP contribution in [-0.4, -0.2) is 45.5 Å². The van der Waals surface area contributed by atoms with Crippen molar-refractivity contribution in [3.63, 3.8) is 0 Å². The van der Waals surface area contributed by atoms with Crippen molar-refractivity contribution in [3.05, 3.63) is 52.0 Å². The molecule has 0 atom stereocenters. The summed E-state index contributed by atoms with van der Waals surface area (Å²) in [4.78, 5) is 2.35. The van der Waals surface area contributed by atoms with Crippen molar-refractivity contribution in [2.45, 2.75) is 18.7 Å². The van der Waals surface area contributed by atoms with Gasteiger partial charge in [0.25, 0.3) is 0 Å². The fourth-order valence-corrected chi connectivity index (χ4v) is 5.06. The molecule has 1 fully saturated rings. The van der Waals surface area contributed by atoms with Gasteiger partial charge in [-0.1, -0.05) is 23.2 Å². The van der Waals surface area contributed by atoms with E-state index in [1.165, 1.54) is 4.31 Å². The monoisotopic (exact) mass is 428 g/mol. The van der Waals surface area contributed by atoms with Crippen LogP contribution in [0.2, 0.25) is 10.0 Å². The standard InChI is InChI=1S/C19H22Cl2N2O3S/c1-3-26-19-7-5-16(12-14(19)2)27(24,25)23-10-8-22(9-11-23)18-13-15(20)4-6-17(18)21/h4-7,12-13H,3,8-11H2,1-2H3. The highest BCUT2D eigenvalue weighted by atomic mass is 35.5. The first-order valence-electron chi connectivity index (χ1n) is 8.76. The maximum absolute atomic E-state index is 13.0. The first-order valence-corrected chi connectivity index (χ1v) is 11.0. The number of benzene rings is 2. The van der Waals surface area contributed by atoms with Gasteiger partial charge < -0.3 is 9.64 Å². The minimum Gasteiger partial charge on any atom is -0.494 e. The Kier molecular flexibility index (Phi) is 6.21. The maximum atomic E-state index is 13.0. The van der Waals surface area contributed by atoms with E-state index in [-0.39, 0.29) is 4.90 Å². The van der Waals surface area contributed by atoms with E-state index < -0.39 is 10.0 Å². The lowest BCUT2D eigenvalue weighted by molar-refractivity contribution is 0.337. The summed E-state index contributed by atoms with van der Waals surface area (Å²) in [6.07, 6.45) is 0. The Labute approximate surface area is 170 Å². The third kappa shape index (κ3) is 4.35. The molecule has 3 rings (SSSR count). The van der Waals surface area contributed by atoms with E-state index in [2.05, 4.69) is 4.90 Å². The predicted molar refractivity (Wildman–Crippen MR) is 110 cm³/mol. The normalized spacial score (nSPS) is 15.8. The van der Waals surface area contributed by atoms with Crippen LogP contribution in [0, 0.1) is 6.92 Å². The Bertz CT molecular complexity index is 927. The van der Waals surface area contributed by atoms with Gasteiger partial charge in [-0.2, -0.15) is 4.31 Å². The number of halogens is 2. The van der Waals surface area contributed by atoms with Crippen LogP contribution in [0.5, 0.6) is 5.75 Å². The van der Waals surface area contributed by atoms with E-state index in [9.17, 15) is 8.42 Å². The van der Waals surface area contributed by atoms with Crippen molar-refractivity contribution in [2.75, 3.05) is 37.7 Å². The highest BCUT2D eigenvalue weighted by Gasteiger charge is 2.29. The third-order valence-electron chi connectivity index (χ3n) is 4.57. The summed E-state index contributed by atoms with van der Waals surface area (Å²) in [5, 5.41) is 1.21. The summed E-state index contributed by atoms with van der Waals surface area (Å²) in [6, 6.07) is 10.3. The van der Waals surface area contributed by atoms with Gasteiger partial charge in [-0.3, -0.25) is 0 Å². The van der Waals surface area contributed by atoms with Gasteiger partial charge in [0, 0.05) is 31.2 Å². The molecule has 0 saturated carbocycles. The molecule has 0 amide bonds. The van der Waals surface area contributed by atoms with E-state index in [1.807, 2.05) is 19.9 Å². The second-order valence-corrected chi connectivity index (χ2v) is 9.13. The minimum absolute atomic E-state index is 0.290. The second kappa shape index (κ2) is 8.27. The van der Waals surface area contributed by atoms with Crippen LogP contribution in [-0.2, 0) is 10.0 Å². The third-order valence-corrected chi connectivity index (χ3v) is 7.02. The fourth-order valence-electron chi connectivity index (χ4n) is 3.15. The number of hydrogen-bond donors (Lipinski definition) is 0. The Morgan fingerprint density at radius 2 is 1.74 bits per heavy atom. The van der Waals surface area contributed by atoms with E-state index in [4.69, 9.17) is 27.9 Å². The molecule has 2 aromatic carbocycles. The predicted octanol–water partition coefficient (Wildman–Crippen LogP) is 4.21. The number of ether oxygens (including phenoxy) is 1. The molecular formula is C19H22Cl2N2O3S. The molecule has 0 aliphatic carbocycles. The van der Waals surface area contributed by atoms with E-state index >= 15 is 0 Å². The Morgan fingerprint density at radius 1 is 1.04 bits per heavy atom. The summed E-state index contributed by atoms with van der Waals surface area (Å²) in [6.45, 7) is 6.17. The minimum atomic E-state index is -3.55. The van der Waals surface area contributed by atoms with Gasteiger partial charge in [-0.25, -0.2) is 8.42 Å². The van der Waals surface area contributed by atoms with Crippen molar-refractivity contribution >= 4 is 38.9 Å². The number of piperazine rings is 1. The average Bonchev–Trinajstić information content (AvgIpc) is 2.65. The molecule has 0 N–H and O–H groups in total. The van der Waals surface area contributed by atoms with Crippen LogP contribution in [0.4, 0.5) is 5.69 Å². The average molecular weight is 429 g/mol. The van der Waals surface area contributed by atoms with Crippen LogP contribution in [0.25, 0.3) is 0 Å². The molecular weight excluding hydrogens is 407 g/mol. The highest BCUT2D eigenvalue weighted by molar-refractivity contribution is 7.89. The van der Waals surface area contributed by atoms with Crippen molar-refractivity contribution in [1.82, 2.24) is 4.31 Å². The van der Waals surface area contributed by atoms with Gasteiger partial charge >= 0.3 is 0 Å². The number of sulfonamides is 1. The van der Waals surface area contributed by atoms with Crippen LogP contribution in [0.3, 0.4) is 0 Å². The number of rotatable bonds is 5. The molecule has 146 valence electrons. The molecule has 1 aliphatic heterocycles. The summed E-state index contributed by atoms with van der Waals surface area (Å²) in [5.74, 6) is 0.705. The van der Waals surface area contributed by atoms with E-state index in [0.717, 1.165) is 11.3 Å². The molecule has 1 saturated heterocycles. The number of aryl methyl sites for hydroxylation is 1. The quantitative estimate of drug-likeness (QED) is 0.715. The molecule has 27 heavy (non-hydrogen) atoms. The zero-order valence-corrected chi connectivity index (χ0v) is 17.6. The molecule has 1 heterocycles. The van der Waals surface area contributed by atoms with Crippen LogP contribution < -0.4 is 9.64 Å². The van der Waals surface area contributed by atoms with Gasteiger partial charge in [0.15, 0.2) is 0 Å². The molecule has 0 aromatic heterocycles. The van der Waals surface area contributed by atoms with Crippen LogP contribution in [0.15, 0.2) is 41.3 Å². The molecule has 8 heteroatoms. The zero-order valence-electron chi connectivity index (χ0n) is 15.3. The molecule has 2 aromatic rings. The van der Waals surface area contributed by atoms with Crippen LogP contribution >= 0.6 is 23.2 Å². The molecule has 1 aliphatic rings. The van der Waals surface area contributed by atoms with Crippen molar-refractivity contribution in [2.24, 2.45) is 0 Å². The molecule has 0 radical (unpaired) electrons. The fraction of sp³-hybridized carbons (Fsp3) is 0.368. The van der Waals surface area contributed by atoms with E-state index in [0.29, 0.717) is 48.6 Å². The Balaban J connectivity index is 1.75. The lowest BCUT2D eigenvalue weighted by Crippen LogP contribution is -2.48. The first-order chi connectivity index (χ1) is 12.8. The van der Waals surface area contributed by atoms with Crippen molar-refractivity contribution in [3.8, 4) is 5.75 Å². The summed E-state index contributed by atoms with van der Waals surface area (Å²) >= 11 is 12.3. The topological polar surface area (TPSA) is 49.9 Å². The van der Waals surface area contributed by atoms with Gasteiger partial charge in [0.05, 0.1) is 22.2 Å². The largest absolute Gasteiger partial charge is 0.494 e. The van der Waals surface area contributed by atoms with Crippen LogP contribution in [0.1, 0.15) is 12.5 Å². The molecule has 0 bridgehead atoms. The summed E-state index contributed by atoms with van der Waals surface area (Å²) < 4.78 is 33.0. The SMILES string of the molecule is CCOc1ccc(S(=O)(=O)N2CCN(c3cc(Cl)ccc3Cl)CC2)cc1C. The lowest BCUT2D eigenvalue weighted by atomic mass is 10.2. The highest BCUT2D eigenvalue weighted by Crippen LogP contribution is 2.31. The summed E-state index contributed by atoms with van der Waals surface area (Å²) in [7, 11) is -3.55. The zero-order chi connectivity index (χ0) is 19.6. The lowest BCUT2D eigenvalue weighted by Gasteiger charge is -2.35. The maximum Gasteiger partial charge on any atom is 0.243 e. The first kappa shape index (κ1) is 20.3. The van der Waals surface area contributed by atoms with Crippen molar-refractivity contribution in [1.29, 1.82) is 0 Å². The number of anilines is 1. The Morgan fingerprint density at radius 3 is 2.37 bits per heavy atom. The number of nitrogens with zero attached hydrogens (tertiary/aromatic N) is 2. The summed E-state index contributed by atoms with van der Waals surface area (Å²) in [5.41, 5.74) is 1.64. The smallest absolute Gasteiger partial charge is 0.243 e. The number of hydrogen-bond acceptors (Lipinski definition) is 4. The van der Waals surface area contributed by atoms with E-state index in [1.54, 1.807) is 30.3 Å². The van der Waals surface area contributed by atoms with Crippen molar-refractivity contribution < 1.29 is 13.2 Å². The van der Waals surface area contributed by atoms with Gasteiger partial charge in [0.1, 0.15) is 5.75 Å². The molecule has 5 nitrogen and oxygen atoms in total. The van der Waals surface area contributed by atoms with Gasteiger partial charge in [-0.05, 0) is 55.8 Å². The molecule has 0 spiro atoms. The Hall–Kier alpha value is -1.47.